The van der Waals surface area contributed by atoms with Gasteiger partial charge in [0.05, 0.1) is 6.20 Å². The Labute approximate surface area is 107 Å². The van der Waals surface area contributed by atoms with Crippen LogP contribution in [0.2, 0.25) is 0 Å². The molecule has 18 heavy (non-hydrogen) atoms. The van der Waals surface area contributed by atoms with E-state index >= 15 is 0 Å². The third-order valence-corrected chi connectivity index (χ3v) is 3.56. The molecule has 6 heteroatoms. The molecule has 0 amide bonds. The molecule has 1 aromatic rings. The molecule has 100 valence electrons. The zero-order valence-corrected chi connectivity index (χ0v) is 10.7. The number of hydrazine groups is 1. The van der Waals surface area contributed by atoms with E-state index in [1.54, 1.807) is 0 Å². The van der Waals surface area contributed by atoms with Crippen LogP contribution in [0.15, 0.2) is 6.20 Å². The van der Waals surface area contributed by atoms with Crippen LogP contribution < -0.4 is 16.2 Å². The van der Waals surface area contributed by atoms with Crippen molar-refractivity contribution in [2.75, 3.05) is 17.4 Å². The number of anilines is 2. The Balaban J connectivity index is 2.18. The summed E-state index contributed by atoms with van der Waals surface area (Å²) in [7, 11) is 1.89. The molecule has 0 unspecified atom stereocenters. The molecule has 5 nitrogen and oxygen atoms in total. The fraction of sp³-hybridized carbons (Fsp3) is 0.667. The van der Waals surface area contributed by atoms with E-state index in [2.05, 4.69) is 15.4 Å². The van der Waals surface area contributed by atoms with E-state index in [1.807, 2.05) is 11.9 Å². The van der Waals surface area contributed by atoms with Crippen molar-refractivity contribution in [2.45, 2.75) is 44.6 Å². The van der Waals surface area contributed by atoms with Gasteiger partial charge in [0.1, 0.15) is 0 Å². The van der Waals surface area contributed by atoms with Crippen molar-refractivity contribution >= 4 is 11.8 Å². The summed E-state index contributed by atoms with van der Waals surface area (Å²) in [5.41, 5.74) is 2.35. The van der Waals surface area contributed by atoms with Crippen LogP contribution in [0.1, 0.15) is 38.5 Å². The zero-order chi connectivity index (χ0) is 13.0. The molecule has 1 fully saturated rings. The number of hydrogen-bond acceptors (Lipinski definition) is 5. The lowest BCUT2D eigenvalue weighted by molar-refractivity contribution is 0.530. The number of rotatable bonds is 3. The standard InChI is InChI=1S/C12H20FN5/c1-18(9-6-4-2-3-5-7-9)11-10(13)8-15-12(16-11)17-14/h8-9H,2-7,14H2,1H3,(H,15,16,17). The van der Waals surface area contributed by atoms with Crippen LogP contribution in [-0.2, 0) is 0 Å². The Bertz CT molecular complexity index is 390. The smallest absolute Gasteiger partial charge is 0.239 e. The van der Waals surface area contributed by atoms with Gasteiger partial charge in [0, 0.05) is 13.1 Å². The number of nitrogen functional groups attached to an aromatic ring is 1. The number of nitrogens with two attached hydrogens (primary N) is 1. The van der Waals surface area contributed by atoms with Crippen LogP contribution in [0.3, 0.4) is 0 Å². The number of nitrogens with zero attached hydrogens (tertiary/aromatic N) is 3. The van der Waals surface area contributed by atoms with E-state index in [9.17, 15) is 4.39 Å². The molecule has 0 saturated heterocycles. The molecule has 3 N–H and O–H groups in total. The van der Waals surface area contributed by atoms with Crippen LogP contribution in [-0.4, -0.2) is 23.1 Å². The number of halogens is 1. The van der Waals surface area contributed by atoms with Crippen LogP contribution in [0.25, 0.3) is 0 Å². The summed E-state index contributed by atoms with van der Waals surface area (Å²) >= 11 is 0. The minimum atomic E-state index is -0.402. The highest BCUT2D eigenvalue weighted by Gasteiger charge is 2.21. The normalized spacial score (nSPS) is 17.3. The minimum absolute atomic E-state index is 0.242. The lowest BCUT2D eigenvalue weighted by Crippen LogP contribution is -2.33. The molecule has 0 radical (unpaired) electrons. The minimum Gasteiger partial charge on any atom is -0.354 e. The summed E-state index contributed by atoms with van der Waals surface area (Å²) in [6.45, 7) is 0. The first kappa shape index (κ1) is 13.0. The predicted octanol–water partition coefficient (Wildman–Crippen LogP) is 2.06. The number of aromatic nitrogens is 2. The van der Waals surface area contributed by atoms with Crippen LogP contribution in [0.5, 0.6) is 0 Å². The molecule has 1 aliphatic carbocycles. The Morgan fingerprint density at radius 3 is 2.61 bits per heavy atom. The van der Waals surface area contributed by atoms with E-state index in [0.717, 1.165) is 19.0 Å². The second kappa shape index (κ2) is 5.95. The average molecular weight is 253 g/mol. The molecule has 1 aromatic heterocycles. The van der Waals surface area contributed by atoms with Crippen molar-refractivity contribution in [1.29, 1.82) is 0 Å². The quantitative estimate of drug-likeness (QED) is 0.490. The maximum atomic E-state index is 13.8. The van der Waals surface area contributed by atoms with E-state index in [4.69, 9.17) is 5.84 Å². The first-order valence-electron chi connectivity index (χ1n) is 6.44. The predicted molar refractivity (Wildman–Crippen MR) is 69.7 cm³/mol. The molecule has 1 saturated carbocycles. The van der Waals surface area contributed by atoms with Gasteiger partial charge in [-0.2, -0.15) is 4.98 Å². The Morgan fingerprint density at radius 1 is 1.33 bits per heavy atom. The average Bonchev–Trinajstić information content (AvgIpc) is 2.67. The Morgan fingerprint density at radius 2 is 2.00 bits per heavy atom. The maximum Gasteiger partial charge on any atom is 0.239 e. The van der Waals surface area contributed by atoms with Gasteiger partial charge in [-0.1, -0.05) is 25.7 Å². The molecule has 1 aliphatic rings. The van der Waals surface area contributed by atoms with Crippen LogP contribution in [0.4, 0.5) is 16.2 Å². The van der Waals surface area contributed by atoms with Gasteiger partial charge in [-0.05, 0) is 12.8 Å². The lowest BCUT2D eigenvalue weighted by Gasteiger charge is -2.28. The second-order valence-corrected chi connectivity index (χ2v) is 4.77. The van der Waals surface area contributed by atoms with Crippen LogP contribution >= 0.6 is 0 Å². The third kappa shape index (κ3) is 2.87. The lowest BCUT2D eigenvalue weighted by atomic mass is 10.1. The molecule has 2 rings (SSSR count). The summed E-state index contributed by atoms with van der Waals surface area (Å²) in [6.07, 6.45) is 8.27. The third-order valence-electron chi connectivity index (χ3n) is 3.56. The van der Waals surface area contributed by atoms with Crippen molar-refractivity contribution < 1.29 is 4.39 Å². The van der Waals surface area contributed by atoms with E-state index in [1.165, 1.54) is 25.7 Å². The molecular weight excluding hydrogens is 233 g/mol. The highest BCUT2D eigenvalue weighted by Crippen LogP contribution is 2.26. The van der Waals surface area contributed by atoms with Crippen molar-refractivity contribution in [3.8, 4) is 0 Å². The van der Waals surface area contributed by atoms with Gasteiger partial charge in [0.25, 0.3) is 0 Å². The van der Waals surface area contributed by atoms with Crippen molar-refractivity contribution in [3.63, 3.8) is 0 Å². The molecule has 0 aliphatic heterocycles. The highest BCUT2D eigenvalue weighted by atomic mass is 19.1. The van der Waals surface area contributed by atoms with Crippen molar-refractivity contribution in [3.05, 3.63) is 12.0 Å². The molecular formula is C12H20FN5. The van der Waals surface area contributed by atoms with Gasteiger partial charge in [-0.25, -0.2) is 15.2 Å². The monoisotopic (exact) mass is 253 g/mol. The Hall–Kier alpha value is -1.43. The molecule has 1 heterocycles. The van der Waals surface area contributed by atoms with Gasteiger partial charge in [-0.3, -0.25) is 5.43 Å². The second-order valence-electron chi connectivity index (χ2n) is 4.77. The van der Waals surface area contributed by atoms with E-state index in [0.29, 0.717) is 11.9 Å². The fourth-order valence-electron chi connectivity index (χ4n) is 2.49. The van der Waals surface area contributed by atoms with Gasteiger partial charge >= 0.3 is 0 Å². The highest BCUT2D eigenvalue weighted by molar-refractivity contribution is 5.43. The summed E-state index contributed by atoms with van der Waals surface area (Å²) in [4.78, 5) is 9.77. The SMILES string of the molecule is CN(c1nc(NN)ncc1F)C1CCCCCC1. The van der Waals surface area contributed by atoms with Gasteiger partial charge in [0.15, 0.2) is 11.6 Å². The van der Waals surface area contributed by atoms with Gasteiger partial charge in [-0.15, -0.1) is 0 Å². The van der Waals surface area contributed by atoms with Gasteiger partial charge in [0.2, 0.25) is 5.95 Å². The number of nitrogens with one attached hydrogen (secondary N) is 1. The molecule has 0 atom stereocenters. The van der Waals surface area contributed by atoms with Crippen LogP contribution in [0, 0.1) is 5.82 Å². The summed E-state index contributed by atoms with van der Waals surface area (Å²) in [5, 5.41) is 0. The molecule has 0 aromatic carbocycles. The first-order chi connectivity index (χ1) is 8.72. The molecule has 0 bridgehead atoms. The Kier molecular flexibility index (Phi) is 4.30. The summed E-state index contributed by atoms with van der Waals surface area (Å²) in [5.74, 6) is 5.42. The fourth-order valence-corrected chi connectivity index (χ4v) is 2.49. The van der Waals surface area contributed by atoms with Crippen molar-refractivity contribution in [2.24, 2.45) is 5.84 Å². The first-order valence-corrected chi connectivity index (χ1v) is 6.44. The maximum absolute atomic E-state index is 13.8. The van der Waals surface area contributed by atoms with E-state index < -0.39 is 5.82 Å². The van der Waals surface area contributed by atoms with Gasteiger partial charge < -0.3 is 4.90 Å². The zero-order valence-electron chi connectivity index (χ0n) is 10.7. The summed E-state index contributed by atoms with van der Waals surface area (Å²) < 4.78 is 13.8. The summed E-state index contributed by atoms with van der Waals surface area (Å²) in [6, 6.07) is 0.350. The van der Waals surface area contributed by atoms with Crippen molar-refractivity contribution in [1.82, 2.24) is 9.97 Å². The largest absolute Gasteiger partial charge is 0.354 e. The number of hydrogen-bond donors (Lipinski definition) is 2. The topological polar surface area (TPSA) is 67.1 Å². The molecule has 0 spiro atoms. The van der Waals surface area contributed by atoms with E-state index in [-0.39, 0.29) is 5.95 Å².